The molecule has 7 nitrogen and oxygen atoms in total. The second-order valence-electron chi connectivity index (χ2n) is 5.54. The van der Waals surface area contributed by atoms with E-state index in [1.807, 2.05) is 35.2 Å². The van der Waals surface area contributed by atoms with E-state index in [9.17, 15) is 8.42 Å². The molecule has 1 aromatic heterocycles. The molecule has 2 heterocycles. The largest absolute Gasteiger partial charge is 0.408 e. The number of nitrogens with zero attached hydrogens (tertiary/aromatic N) is 4. The van der Waals surface area contributed by atoms with Crippen LogP contribution >= 0.6 is 0 Å². The Labute approximate surface area is 136 Å². The lowest BCUT2D eigenvalue weighted by Gasteiger charge is -2.32. The Morgan fingerprint density at radius 2 is 1.78 bits per heavy atom. The van der Waals surface area contributed by atoms with Crippen LogP contribution in [0.5, 0.6) is 0 Å². The van der Waals surface area contributed by atoms with Crippen molar-refractivity contribution in [2.24, 2.45) is 0 Å². The van der Waals surface area contributed by atoms with E-state index >= 15 is 0 Å². The minimum Gasteiger partial charge on any atom is -0.408 e. The van der Waals surface area contributed by atoms with Crippen LogP contribution in [-0.2, 0) is 16.4 Å². The Hall–Kier alpha value is -1.93. The lowest BCUT2D eigenvalue weighted by Crippen LogP contribution is -2.49. The molecular formula is C15H20N4O3S. The summed E-state index contributed by atoms with van der Waals surface area (Å²) in [5, 5.41) is 7.78. The number of sulfonamides is 1. The van der Waals surface area contributed by atoms with Crippen LogP contribution in [0.2, 0.25) is 0 Å². The highest BCUT2D eigenvalue weighted by Gasteiger charge is 2.28. The Bertz CT molecular complexity index is 737. The van der Waals surface area contributed by atoms with Gasteiger partial charge in [-0.25, -0.2) is 8.42 Å². The first-order valence-corrected chi connectivity index (χ1v) is 9.22. The molecule has 124 valence electrons. The molecule has 0 spiro atoms. The summed E-state index contributed by atoms with van der Waals surface area (Å²) >= 11 is 0. The maximum absolute atomic E-state index is 12.5. The van der Waals surface area contributed by atoms with Crippen molar-refractivity contribution in [3.63, 3.8) is 0 Å². The molecule has 0 radical (unpaired) electrons. The number of hydrogen-bond acceptors (Lipinski definition) is 6. The Balaban J connectivity index is 1.55. The predicted molar refractivity (Wildman–Crippen MR) is 86.8 cm³/mol. The average molecular weight is 336 g/mol. The predicted octanol–water partition coefficient (Wildman–Crippen LogP) is 1.07. The first-order chi connectivity index (χ1) is 11.0. The summed E-state index contributed by atoms with van der Waals surface area (Å²) in [4.78, 5) is 1.92. The molecule has 1 fully saturated rings. The summed E-state index contributed by atoms with van der Waals surface area (Å²) in [7, 11) is -3.24. The molecule has 0 aliphatic carbocycles. The second kappa shape index (κ2) is 6.67. The van der Waals surface area contributed by atoms with Gasteiger partial charge in [-0.05, 0) is 12.0 Å². The summed E-state index contributed by atoms with van der Waals surface area (Å²) in [6, 6.07) is 10.1. The molecule has 0 atom stereocenters. The van der Waals surface area contributed by atoms with Gasteiger partial charge in [0.05, 0.1) is 5.75 Å². The van der Waals surface area contributed by atoms with Crippen LogP contribution < -0.4 is 4.90 Å². The van der Waals surface area contributed by atoms with Crippen molar-refractivity contribution in [3.05, 3.63) is 41.8 Å². The van der Waals surface area contributed by atoms with E-state index in [-0.39, 0.29) is 5.75 Å². The van der Waals surface area contributed by atoms with Crippen LogP contribution in [0.25, 0.3) is 0 Å². The second-order valence-corrected chi connectivity index (χ2v) is 7.63. The summed E-state index contributed by atoms with van der Waals surface area (Å²) < 4.78 is 31.9. The SMILES string of the molecule is Cc1nnc(N2CCN(S(=O)(=O)CCc3ccccc3)CC2)o1. The molecule has 3 rings (SSSR count). The van der Waals surface area contributed by atoms with Gasteiger partial charge in [0.15, 0.2) is 0 Å². The fourth-order valence-corrected chi connectivity index (χ4v) is 4.06. The van der Waals surface area contributed by atoms with Crippen molar-refractivity contribution in [2.75, 3.05) is 36.8 Å². The van der Waals surface area contributed by atoms with Gasteiger partial charge in [-0.15, -0.1) is 5.10 Å². The van der Waals surface area contributed by atoms with Crippen molar-refractivity contribution in [3.8, 4) is 0 Å². The van der Waals surface area contributed by atoms with Crippen molar-refractivity contribution < 1.29 is 12.8 Å². The fourth-order valence-electron chi connectivity index (χ4n) is 2.59. The van der Waals surface area contributed by atoms with E-state index in [2.05, 4.69) is 10.2 Å². The smallest absolute Gasteiger partial charge is 0.318 e. The normalized spacial score (nSPS) is 16.7. The zero-order valence-corrected chi connectivity index (χ0v) is 13.9. The van der Waals surface area contributed by atoms with Gasteiger partial charge in [0, 0.05) is 33.1 Å². The number of benzene rings is 1. The third-order valence-electron chi connectivity index (χ3n) is 3.91. The molecule has 1 saturated heterocycles. The number of aryl methyl sites for hydroxylation is 2. The van der Waals surface area contributed by atoms with E-state index in [1.54, 1.807) is 11.2 Å². The fraction of sp³-hybridized carbons (Fsp3) is 0.467. The molecule has 0 saturated carbocycles. The van der Waals surface area contributed by atoms with Crippen LogP contribution in [0.4, 0.5) is 6.01 Å². The van der Waals surface area contributed by atoms with Gasteiger partial charge in [0.2, 0.25) is 15.9 Å². The van der Waals surface area contributed by atoms with Crippen LogP contribution in [0.3, 0.4) is 0 Å². The quantitative estimate of drug-likeness (QED) is 0.813. The lowest BCUT2D eigenvalue weighted by molar-refractivity contribution is 0.370. The minimum absolute atomic E-state index is 0.136. The summed E-state index contributed by atoms with van der Waals surface area (Å²) in [6.07, 6.45) is 0.534. The third-order valence-corrected chi connectivity index (χ3v) is 5.78. The highest BCUT2D eigenvalue weighted by atomic mass is 32.2. The van der Waals surface area contributed by atoms with Gasteiger partial charge in [0.25, 0.3) is 0 Å². The van der Waals surface area contributed by atoms with Gasteiger partial charge in [-0.1, -0.05) is 35.4 Å². The van der Waals surface area contributed by atoms with Crippen molar-refractivity contribution in [1.29, 1.82) is 0 Å². The lowest BCUT2D eigenvalue weighted by atomic mass is 10.2. The maximum Gasteiger partial charge on any atom is 0.318 e. The number of piperazine rings is 1. The van der Waals surface area contributed by atoms with Crippen molar-refractivity contribution in [2.45, 2.75) is 13.3 Å². The van der Waals surface area contributed by atoms with E-state index in [0.29, 0.717) is 44.5 Å². The molecule has 0 amide bonds. The molecule has 2 aromatic rings. The monoisotopic (exact) mass is 336 g/mol. The van der Waals surface area contributed by atoms with Crippen LogP contribution in [0.1, 0.15) is 11.5 Å². The van der Waals surface area contributed by atoms with Crippen molar-refractivity contribution in [1.82, 2.24) is 14.5 Å². The Kier molecular flexibility index (Phi) is 4.63. The summed E-state index contributed by atoms with van der Waals surface area (Å²) in [6.45, 7) is 3.75. The highest BCUT2D eigenvalue weighted by Crippen LogP contribution is 2.16. The molecule has 0 unspecified atom stereocenters. The Morgan fingerprint density at radius 3 is 2.39 bits per heavy atom. The molecule has 1 aliphatic heterocycles. The molecule has 0 bridgehead atoms. The maximum atomic E-state index is 12.5. The van der Waals surface area contributed by atoms with Gasteiger partial charge in [-0.3, -0.25) is 0 Å². The van der Waals surface area contributed by atoms with Gasteiger partial charge in [0.1, 0.15) is 0 Å². The van der Waals surface area contributed by atoms with E-state index in [1.165, 1.54) is 0 Å². The molecule has 1 aliphatic rings. The van der Waals surface area contributed by atoms with Crippen molar-refractivity contribution >= 4 is 16.0 Å². The number of rotatable bonds is 5. The van der Waals surface area contributed by atoms with E-state index in [0.717, 1.165) is 5.56 Å². The summed E-state index contributed by atoms with van der Waals surface area (Å²) in [5.74, 6) is 0.648. The molecular weight excluding hydrogens is 316 g/mol. The first kappa shape index (κ1) is 15.9. The highest BCUT2D eigenvalue weighted by molar-refractivity contribution is 7.89. The first-order valence-electron chi connectivity index (χ1n) is 7.61. The topological polar surface area (TPSA) is 79.5 Å². The molecule has 23 heavy (non-hydrogen) atoms. The zero-order chi connectivity index (χ0) is 16.3. The minimum atomic E-state index is -3.24. The van der Waals surface area contributed by atoms with Crippen LogP contribution in [0, 0.1) is 6.92 Å². The number of hydrogen-bond donors (Lipinski definition) is 0. The number of aromatic nitrogens is 2. The van der Waals surface area contributed by atoms with E-state index < -0.39 is 10.0 Å². The van der Waals surface area contributed by atoms with Crippen LogP contribution in [-0.4, -0.2) is 54.9 Å². The molecule has 8 heteroatoms. The van der Waals surface area contributed by atoms with Gasteiger partial charge >= 0.3 is 6.01 Å². The Morgan fingerprint density at radius 1 is 1.09 bits per heavy atom. The number of anilines is 1. The third kappa shape index (κ3) is 3.89. The van der Waals surface area contributed by atoms with Gasteiger partial charge < -0.3 is 9.32 Å². The average Bonchev–Trinajstić information content (AvgIpc) is 3.01. The molecule has 1 aromatic carbocycles. The standard InChI is InChI=1S/C15H20N4O3S/c1-13-16-17-15(22-13)18-8-10-19(11-9-18)23(20,21)12-7-14-5-3-2-4-6-14/h2-6H,7-12H2,1H3. The van der Waals surface area contributed by atoms with Gasteiger partial charge in [-0.2, -0.15) is 4.31 Å². The summed E-state index contributed by atoms with van der Waals surface area (Å²) in [5.41, 5.74) is 1.04. The molecule has 0 N–H and O–H groups in total. The van der Waals surface area contributed by atoms with E-state index in [4.69, 9.17) is 4.42 Å². The van der Waals surface area contributed by atoms with Crippen LogP contribution in [0.15, 0.2) is 34.7 Å². The zero-order valence-electron chi connectivity index (χ0n) is 13.1.